The number of benzene rings is 2. The fourth-order valence-corrected chi connectivity index (χ4v) is 5.96. The minimum absolute atomic E-state index is 0.188. The van der Waals surface area contributed by atoms with E-state index in [9.17, 15) is 18.8 Å². The van der Waals surface area contributed by atoms with Crippen molar-refractivity contribution in [3.63, 3.8) is 0 Å². The molecule has 1 aromatic heterocycles. The molecule has 2 saturated heterocycles. The van der Waals surface area contributed by atoms with Gasteiger partial charge < -0.3 is 20.3 Å². The van der Waals surface area contributed by atoms with E-state index in [1.165, 1.54) is 29.2 Å². The highest BCUT2D eigenvalue weighted by atomic mass is 19.1. The first-order chi connectivity index (χ1) is 21.6. The van der Waals surface area contributed by atoms with Crippen molar-refractivity contribution in [3.05, 3.63) is 72.7 Å². The van der Waals surface area contributed by atoms with Crippen LogP contribution in [0.2, 0.25) is 0 Å². The van der Waals surface area contributed by atoms with E-state index in [1.54, 1.807) is 42.6 Å². The smallest absolute Gasteiger partial charge is 0.323 e. The molecule has 6 rings (SSSR count). The minimum atomic E-state index is -1.26. The Kier molecular flexibility index (Phi) is 8.43. The number of rotatable bonds is 9. The van der Waals surface area contributed by atoms with Gasteiger partial charge in [-0.3, -0.25) is 24.7 Å². The summed E-state index contributed by atoms with van der Waals surface area (Å²) in [5.41, 5.74) is 5.21. The second-order valence-corrected chi connectivity index (χ2v) is 12.3. The predicted molar refractivity (Wildman–Crippen MR) is 168 cm³/mol. The van der Waals surface area contributed by atoms with Crippen LogP contribution in [0.5, 0.6) is 11.5 Å². The van der Waals surface area contributed by atoms with E-state index in [-0.39, 0.29) is 6.03 Å². The van der Waals surface area contributed by atoms with Gasteiger partial charge in [0.1, 0.15) is 28.5 Å². The van der Waals surface area contributed by atoms with Crippen molar-refractivity contribution in [2.24, 2.45) is 11.1 Å². The first kappa shape index (κ1) is 30.5. The monoisotopic (exact) mass is 615 g/mol. The number of nitrogens with zero attached hydrogens (tertiary/aromatic N) is 5. The molecule has 45 heavy (non-hydrogen) atoms. The highest BCUT2D eigenvalue weighted by molar-refractivity contribution is 6.16. The maximum absolute atomic E-state index is 13.6. The Bertz CT molecular complexity index is 1550. The summed E-state index contributed by atoms with van der Waals surface area (Å²) in [4.78, 5) is 50.9. The largest absolute Gasteiger partial charge is 0.457 e. The lowest BCUT2D eigenvalue weighted by Crippen LogP contribution is -2.62. The van der Waals surface area contributed by atoms with Crippen LogP contribution in [-0.4, -0.2) is 89.9 Å². The number of carbonyl (C=O) groups excluding carboxylic acids is 3. The van der Waals surface area contributed by atoms with Gasteiger partial charge in [-0.15, -0.1) is 0 Å². The van der Waals surface area contributed by atoms with Crippen molar-refractivity contribution in [2.75, 3.05) is 50.5 Å². The van der Waals surface area contributed by atoms with E-state index < -0.39 is 23.0 Å². The second kappa shape index (κ2) is 12.4. The van der Waals surface area contributed by atoms with E-state index in [0.29, 0.717) is 66.7 Å². The molecule has 3 aliphatic rings. The van der Waals surface area contributed by atoms with Gasteiger partial charge in [0.2, 0.25) is 11.8 Å². The molecule has 1 aliphatic carbocycles. The van der Waals surface area contributed by atoms with Crippen LogP contribution in [0.4, 0.5) is 26.4 Å². The number of halogens is 1. The molecule has 4 amide bonds. The molecular formula is C33H38FN7O4. The number of amides is 4. The van der Waals surface area contributed by atoms with Crippen molar-refractivity contribution >= 4 is 35.0 Å². The number of nitrogens with one attached hydrogen (secondary N) is 1. The molecule has 2 aromatic carbocycles. The summed E-state index contributed by atoms with van der Waals surface area (Å²) in [5, 5.41) is 2.89. The summed E-state index contributed by atoms with van der Waals surface area (Å²) >= 11 is 0. The van der Waals surface area contributed by atoms with E-state index in [2.05, 4.69) is 34.2 Å². The molecule has 0 atom stereocenters. The van der Waals surface area contributed by atoms with Crippen LogP contribution in [0.1, 0.15) is 25.7 Å². The van der Waals surface area contributed by atoms with Crippen LogP contribution >= 0.6 is 0 Å². The van der Waals surface area contributed by atoms with E-state index in [0.717, 1.165) is 25.9 Å². The van der Waals surface area contributed by atoms with Gasteiger partial charge in [0, 0.05) is 61.9 Å². The van der Waals surface area contributed by atoms with Gasteiger partial charge in [-0.05, 0) is 94.4 Å². The van der Waals surface area contributed by atoms with Crippen LogP contribution in [0.3, 0.4) is 0 Å². The van der Waals surface area contributed by atoms with Crippen LogP contribution in [0.15, 0.2) is 66.9 Å². The lowest BCUT2D eigenvalue weighted by molar-refractivity contribution is -0.133. The van der Waals surface area contributed by atoms with Crippen LogP contribution in [0.25, 0.3) is 0 Å². The number of anilines is 3. The molecule has 3 fully saturated rings. The topological polar surface area (TPSA) is 124 Å². The number of nitrogens with two attached hydrogens (primary N) is 1. The molecule has 3 heterocycles. The molecule has 0 bridgehead atoms. The van der Waals surface area contributed by atoms with Crippen LogP contribution in [-0.2, 0) is 9.59 Å². The Morgan fingerprint density at radius 1 is 0.956 bits per heavy atom. The molecular weight excluding hydrogens is 577 g/mol. The molecule has 3 aromatic rings. The Labute approximate surface area is 261 Å². The van der Waals surface area contributed by atoms with Crippen molar-refractivity contribution in [1.82, 2.24) is 19.7 Å². The number of carbonyl (C=O) groups is 3. The summed E-state index contributed by atoms with van der Waals surface area (Å²) in [6.07, 6.45) is 4.21. The minimum Gasteiger partial charge on any atom is -0.457 e. The average Bonchev–Trinajstić information content (AvgIpc) is 3.81. The zero-order valence-corrected chi connectivity index (χ0v) is 25.5. The summed E-state index contributed by atoms with van der Waals surface area (Å²) in [6, 6.07) is 16.5. The number of pyridine rings is 1. The van der Waals surface area contributed by atoms with Gasteiger partial charge in [-0.1, -0.05) is 0 Å². The third-order valence-corrected chi connectivity index (χ3v) is 9.10. The van der Waals surface area contributed by atoms with Gasteiger partial charge in [0.05, 0.1) is 0 Å². The third-order valence-electron chi connectivity index (χ3n) is 9.10. The molecule has 0 spiro atoms. The van der Waals surface area contributed by atoms with Crippen molar-refractivity contribution < 1.29 is 23.5 Å². The zero-order valence-electron chi connectivity index (χ0n) is 25.5. The fraction of sp³-hybridized carbons (Fsp3) is 0.394. The molecule has 236 valence electrons. The summed E-state index contributed by atoms with van der Waals surface area (Å²) in [6.45, 7) is 3.56. The van der Waals surface area contributed by atoms with E-state index in [1.807, 2.05) is 4.90 Å². The fourth-order valence-electron chi connectivity index (χ4n) is 5.96. The second-order valence-electron chi connectivity index (χ2n) is 12.3. The highest BCUT2D eigenvalue weighted by Gasteiger charge is 2.57. The SMILES string of the molecule is CN(C)C1CN(C2CCN(C(=O)Nc3cc(Oc4ccc(N(C(=O)C5(C(N)=O)CC5)c5ccc(F)cc5)cc4)ccn3)CC2)C1. The normalized spacial score (nSPS) is 18.3. The number of likely N-dealkylation sites (tertiary alicyclic amines) is 2. The average molecular weight is 616 g/mol. The molecule has 1 saturated carbocycles. The quantitative estimate of drug-likeness (QED) is 0.346. The Hall–Kier alpha value is -4.55. The maximum Gasteiger partial charge on any atom is 0.323 e. The molecule has 2 aliphatic heterocycles. The molecule has 12 heteroatoms. The number of primary amides is 1. The van der Waals surface area contributed by atoms with E-state index >= 15 is 0 Å². The number of piperidine rings is 1. The van der Waals surface area contributed by atoms with Gasteiger partial charge in [-0.2, -0.15) is 0 Å². The molecule has 11 nitrogen and oxygen atoms in total. The summed E-state index contributed by atoms with van der Waals surface area (Å²) in [7, 11) is 4.23. The van der Waals surface area contributed by atoms with Crippen molar-refractivity contribution in [2.45, 2.75) is 37.8 Å². The number of ether oxygens (including phenoxy) is 1. The summed E-state index contributed by atoms with van der Waals surface area (Å²) < 4.78 is 19.7. The number of aromatic nitrogens is 1. The number of hydrogen-bond donors (Lipinski definition) is 2. The molecule has 0 unspecified atom stereocenters. The standard InChI is InChI=1S/C33H38FN7O4/c1-38(2)26-20-40(21-26)23-12-17-39(18-13-23)32(44)37-29-19-28(11-16-36-29)45-27-9-7-25(8-10-27)41(24-5-3-22(34)4-6-24)31(43)33(14-15-33)30(35)42/h3-11,16,19,23,26H,12-15,17-18,20-21H2,1-2H3,(H2,35,42)(H,36,37,44). The Morgan fingerprint density at radius 2 is 1.58 bits per heavy atom. The lowest BCUT2D eigenvalue weighted by atomic mass is 9.97. The van der Waals surface area contributed by atoms with Crippen LogP contribution < -0.4 is 20.7 Å². The van der Waals surface area contributed by atoms with Gasteiger partial charge >= 0.3 is 6.03 Å². The first-order valence-electron chi connectivity index (χ1n) is 15.2. The van der Waals surface area contributed by atoms with Gasteiger partial charge in [-0.25, -0.2) is 14.2 Å². The van der Waals surface area contributed by atoms with Gasteiger partial charge in [0.25, 0.3) is 0 Å². The molecule has 3 N–H and O–H groups in total. The molecule has 0 radical (unpaired) electrons. The van der Waals surface area contributed by atoms with E-state index in [4.69, 9.17) is 10.5 Å². The Balaban J connectivity index is 1.08. The number of hydrogen-bond acceptors (Lipinski definition) is 7. The van der Waals surface area contributed by atoms with Crippen LogP contribution in [0, 0.1) is 11.2 Å². The highest BCUT2D eigenvalue weighted by Crippen LogP contribution is 2.49. The Morgan fingerprint density at radius 3 is 2.16 bits per heavy atom. The number of likely N-dealkylation sites (N-methyl/N-ethyl adjacent to an activating group) is 1. The summed E-state index contributed by atoms with van der Waals surface area (Å²) in [5.74, 6) is -0.236. The number of urea groups is 1. The zero-order chi connectivity index (χ0) is 31.7. The maximum atomic E-state index is 13.6. The van der Waals surface area contributed by atoms with Crippen molar-refractivity contribution in [1.29, 1.82) is 0 Å². The van der Waals surface area contributed by atoms with Gasteiger partial charge in [0.15, 0.2) is 0 Å². The lowest BCUT2D eigenvalue weighted by Gasteiger charge is -2.49. The predicted octanol–water partition coefficient (Wildman–Crippen LogP) is 4.19. The third kappa shape index (κ3) is 6.47. The van der Waals surface area contributed by atoms with Crippen molar-refractivity contribution in [3.8, 4) is 11.5 Å². The first-order valence-corrected chi connectivity index (χ1v) is 15.2.